The van der Waals surface area contributed by atoms with Crippen LogP contribution in [0.1, 0.15) is 26.2 Å². The Morgan fingerprint density at radius 2 is 2.33 bits per heavy atom. The van der Waals surface area contributed by atoms with Gasteiger partial charge in [-0.2, -0.15) is 0 Å². The highest BCUT2D eigenvalue weighted by Crippen LogP contribution is 2.17. The summed E-state index contributed by atoms with van der Waals surface area (Å²) in [6, 6.07) is 0. The van der Waals surface area contributed by atoms with Gasteiger partial charge in [-0.1, -0.05) is 6.08 Å². The minimum absolute atomic E-state index is 0.410. The van der Waals surface area contributed by atoms with Gasteiger partial charge >= 0.3 is 0 Å². The van der Waals surface area contributed by atoms with Crippen LogP contribution in [-0.4, -0.2) is 38.5 Å². The summed E-state index contributed by atoms with van der Waals surface area (Å²) >= 11 is 0. The zero-order valence-electron chi connectivity index (χ0n) is 9.71. The van der Waals surface area contributed by atoms with Gasteiger partial charge in [-0.3, -0.25) is 0 Å². The lowest BCUT2D eigenvalue weighted by molar-refractivity contribution is 0.0541. The number of rotatable bonds is 8. The molecular weight excluding hydrogens is 190 g/mol. The number of nitrogens with one attached hydrogen (secondary N) is 1. The molecule has 1 aliphatic rings. The molecule has 3 heteroatoms. The van der Waals surface area contributed by atoms with Crippen LogP contribution >= 0.6 is 0 Å². The predicted molar refractivity (Wildman–Crippen MR) is 62.1 cm³/mol. The molecule has 0 aromatic heterocycles. The van der Waals surface area contributed by atoms with Gasteiger partial charge in [-0.15, -0.1) is 6.58 Å². The summed E-state index contributed by atoms with van der Waals surface area (Å²) in [6.07, 6.45) is 6.05. The summed E-state index contributed by atoms with van der Waals surface area (Å²) in [6.45, 7) is 9.19. The Morgan fingerprint density at radius 3 is 3.00 bits per heavy atom. The summed E-state index contributed by atoms with van der Waals surface area (Å²) in [4.78, 5) is 0. The van der Waals surface area contributed by atoms with Crippen molar-refractivity contribution in [2.45, 2.75) is 38.4 Å². The SMILES string of the molecule is C=CCCOCCNCC1CCC(C)O1. The molecule has 1 heterocycles. The molecule has 1 saturated heterocycles. The Kier molecular flexibility index (Phi) is 6.64. The molecular formula is C12H23NO2. The second-order valence-electron chi connectivity index (χ2n) is 4.04. The van der Waals surface area contributed by atoms with Crippen molar-refractivity contribution in [2.75, 3.05) is 26.3 Å². The maximum absolute atomic E-state index is 5.69. The average molecular weight is 213 g/mol. The average Bonchev–Trinajstić information content (AvgIpc) is 2.63. The van der Waals surface area contributed by atoms with Crippen LogP contribution in [0.2, 0.25) is 0 Å². The van der Waals surface area contributed by atoms with Crippen LogP contribution in [0.4, 0.5) is 0 Å². The molecule has 0 saturated carbocycles. The van der Waals surface area contributed by atoms with Gasteiger partial charge in [0, 0.05) is 13.1 Å². The largest absolute Gasteiger partial charge is 0.380 e. The van der Waals surface area contributed by atoms with Crippen LogP contribution in [-0.2, 0) is 9.47 Å². The first kappa shape index (κ1) is 12.7. The molecule has 0 aromatic carbocycles. The molecule has 15 heavy (non-hydrogen) atoms. The number of hydrogen-bond acceptors (Lipinski definition) is 3. The normalized spacial score (nSPS) is 25.7. The fourth-order valence-corrected chi connectivity index (χ4v) is 1.71. The zero-order valence-corrected chi connectivity index (χ0v) is 9.71. The van der Waals surface area contributed by atoms with Gasteiger partial charge in [-0.25, -0.2) is 0 Å². The molecule has 1 rings (SSSR count). The lowest BCUT2D eigenvalue weighted by Crippen LogP contribution is -2.29. The summed E-state index contributed by atoms with van der Waals surface area (Å²) in [7, 11) is 0. The Morgan fingerprint density at radius 1 is 1.47 bits per heavy atom. The molecule has 1 fully saturated rings. The second-order valence-corrected chi connectivity index (χ2v) is 4.04. The van der Waals surface area contributed by atoms with Crippen molar-refractivity contribution in [2.24, 2.45) is 0 Å². The van der Waals surface area contributed by atoms with Crippen molar-refractivity contribution < 1.29 is 9.47 Å². The van der Waals surface area contributed by atoms with Crippen LogP contribution < -0.4 is 5.32 Å². The third-order valence-corrected chi connectivity index (χ3v) is 2.58. The molecule has 0 amide bonds. The lowest BCUT2D eigenvalue weighted by atomic mass is 10.2. The predicted octanol–water partition coefficient (Wildman–Crippen LogP) is 1.74. The number of hydrogen-bond donors (Lipinski definition) is 1. The smallest absolute Gasteiger partial charge is 0.0704 e. The fourth-order valence-electron chi connectivity index (χ4n) is 1.71. The summed E-state index contributed by atoms with van der Waals surface area (Å²) in [5, 5.41) is 3.35. The molecule has 0 aromatic rings. The third kappa shape index (κ3) is 5.92. The monoisotopic (exact) mass is 213 g/mol. The van der Waals surface area contributed by atoms with Gasteiger partial charge in [0.25, 0.3) is 0 Å². The molecule has 88 valence electrons. The Labute approximate surface area is 92.8 Å². The first-order valence-corrected chi connectivity index (χ1v) is 5.87. The first-order valence-electron chi connectivity index (χ1n) is 5.87. The molecule has 0 aliphatic carbocycles. The van der Waals surface area contributed by atoms with Gasteiger partial charge in [0.15, 0.2) is 0 Å². The quantitative estimate of drug-likeness (QED) is 0.492. The van der Waals surface area contributed by atoms with E-state index in [0.717, 1.165) is 32.7 Å². The van der Waals surface area contributed by atoms with Crippen LogP contribution in [0.25, 0.3) is 0 Å². The van der Waals surface area contributed by atoms with E-state index in [-0.39, 0.29) is 0 Å². The van der Waals surface area contributed by atoms with E-state index in [2.05, 4.69) is 18.8 Å². The molecule has 2 unspecified atom stereocenters. The van der Waals surface area contributed by atoms with Crippen LogP contribution in [0.3, 0.4) is 0 Å². The maximum atomic E-state index is 5.69. The molecule has 1 aliphatic heterocycles. The van der Waals surface area contributed by atoms with E-state index in [1.54, 1.807) is 0 Å². The molecule has 0 bridgehead atoms. The second kappa shape index (κ2) is 7.85. The van der Waals surface area contributed by atoms with Crippen molar-refractivity contribution in [3.8, 4) is 0 Å². The van der Waals surface area contributed by atoms with Gasteiger partial charge in [0.05, 0.1) is 25.4 Å². The van der Waals surface area contributed by atoms with Crippen molar-refractivity contribution >= 4 is 0 Å². The molecule has 1 N–H and O–H groups in total. The van der Waals surface area contributed by atoms with E-state index in [9.17, 15) is 0 Å². The Bertz CT molecular complexity index is 173. The van der Waals surface area contributed by atoms with Crippen molar-refractivity contribution in [3.05, 3.63) is 12.7 Å². The third-order valence-electron chi connectivity index (χ3n) is 2.58. The van der Waals surface area contributed by atoms with Crippen molar-refractivity contribution in [3.63, 3.8) is 0 Å². The standard InChI is InChI=1S/C12H23NO2/c1-3-4-8-14-9-7-13-10-12-6-5-11(2)15-12/h3,11-13H,1,4-10H2,2H3. The highest BCUT2D eigenvalue weighted by atomic mass is 16.5. The van der Waals surface area contributed by atoms with E-state index in [1.807, 2.05) is 6.08 Å². The van der Waals surface area contributed by atoms with Crippen molar-refractivity contribution in [1.29, 1.82) is 0 Å². The van der Waals surface area contributed by atoms with E-state index in [1.165, 1.54) is 12.8 Å². The molecule has 0 spiro atoms. The minimum Gasteiger partial charge on any atom is -0.380 e. The van der Waals surface area contributed by atoms with Crippen LogP contribution in [0, 0.1) is 0 Å². The van der Waals surface area contributed by atoms with Gasteiger partial charge in [-0.05, 0) is 26.2 Å². The van der Waals surface area contributed by atoms with Crippen LogP contribution in [0.15, 0.2) is 12.7 Å². The van der Waals surface area contributed by atoms with E-state index in [4.69, 9.17) is 9.47 Å². The minimum atomic E-state index is 0.410. The maximum Gasteiger partial charge on any atom is 0.0704 e. The molecule has 0 radical (unpaired) electrons. The van der Waals surface area contributed by atoms with Gasteiger partial charge < -0.3 is 14.8 Å². The summed E-state index contributed by atoms with van der Waals surface area (Å²) in [5.41, 5.74) is 0. The highest BCUT2D eigenvalue weighted by Gasteiger charge is 2.20. The Hall–Kier alpha value is -0.380. The fraction of sp³-hybridized carbons (Fsp3) is 0.833. The number of ether oxygens (including phenoxy) is 2. The lowest BCUT2D eigenvalue weighted by Gasteiger charge is -2.12. The molecule has 2 atom stereocenters. The summed E-state index contributed by atoms with van der Waals surface area (Å²) < 4.78 is 11.1. The van der Waals surface area contributed by atoms with E-state index < -0.39 is 0 Å². The first-order chi connectivity index (χ1) is 7.33. The van der Waals surface area contributed by atoms with Gasteiger partial charge in [0.1, 0.15) is 0 Å². The summed E-state index contributed by atoms with van der Waals surface area (Å²) in [5.74, 6) is 0. The van der Waals surface area contributed by atoms with Crippen molar-refractivity contribution in [1.82, 2.24) is 5.32 Å². The Balaban J connectivity index is 1.82. The van der Waals surface area contributed by atoms with Gasteiger partial charge in [0.2, 0.25) is 0 Å². The van der Waals surface area contributed by atoms with Crippen LogP contribution in [0.5, 0.6) is 0 Å². The highest BCUT2D eigenvalue weighted by molar-refractivity contribution is 4.72. The zero-order chi connectivity index (χ0) is 10.9. The topological polar surface area (TPSA) is 30.5 Å². The van der Waals surface area contributed by atoms with E-state index in [0.29, 0.717) is 12.2 Å². The molecule has 3 nitrogen and oxygen atoms in total. The van der Waals surface area contributed by atoms with E-state index >= 15 is 0 Å².